The van der Waals surface area contributed by atoms with Crippen LogP contribution in [0.15, 0.2) is 47.8 Å². The topological polar surface area (TPSA) is 76.1 Å². The van der Waals surface area contributed by atoms with Crippen LogP contribution in [-0.4, -0.2) is 41.2 Å². The fraction of sp³-hybridized carbons (Fsp3) is 0.400. The van der Waals surface area contributed by atoms with Gasteiger partial charge in [-0.25, -0.2) is 9.59 Å². The van der Waals surface area contributed by atoms with Gasteiger partial charge in [0.15, 0.2) is 0 Å². The van der Waals surface area contributed by atoms with Crippen LogP contribution in [0.2, 0.25) is 0 Å². The fourth-order valence-electron chi connectivity index (χ4n) is 2.81. The molecule has 0 aliphatic carbocycles. The summed E-state index contributed by atoms with van der Waals surface area (Å²) in [5.41, 5.74) is 1.28. The summed E-state index contributed by atoms with van der Waals surface area (Å²) in [4.78, 5) is 27.0. The van der Waals surface area contributed by atoms with E-state index in [0.29, 0.717) is 16.7 Å². The van der Waals surface area contributed by atoms with Crippen LogP contribution < -0.4 is 0 Å². The molecular formula is C20H25NO5. The lowest BCUT2D eigenvalue weighted by molar-refractivity contribution is -0.139. The molecule has 1 aromatic carbocycles. The van der Waals surface area contributed by atoms with Gasteiger partial charge in [0.05, 0.1) is 30.3 Å². The van der Waals surface area contributed by atoms with Gasteiger partial charge in [-0.1, -0.05) is 12.1 Å². The number of ether oxygens (including phenoxy) is 2. The minimum absolute atomic E-state index is 0.0361. The molecule has 140 valence electrons. The van der Waals surface area contributed by atoms with Gasteiger partial charge >= 0.3 is 11.9 Å². The minimum Gasteiger partial charge on any atom is -0.508 e. The van der Waals surface area contributed by atoms with Gasteiger partial charge in [0.25, 0.3) is 0 Å². The van der Waals surface area contributed by atoms with E-state index >= 15 is 0 Å². The van der Waals surface area contributed by atoms with E-state index < -0.39 is 17.9 Å². The van der Waals surface area contributed by atoms with Crippen molar-refractivity contribution in [3.8, 4) is 5.75 Å². The summed E-state index contributed by atoms with van der Waals surface area (Å²) >= 11 is 0. The van der Waals surface area contributed by atoms with Crippen LogP contribution in [0.25, 0.3) is 0 Å². The molecule has 6 heteroatoms. The summed E-state index contributed by atoms with van der Waals surface area (Å²) in [5.74, 6) is -1.61. The van der Waals surface area contributed by atoms with Gasteiger partial charge in [-0.3, -0.25) is 0 Å². The van der Waals surface area contributed by atoms with Crippen molar-refractivity contribution in [2.75, 3.05) is 13.2 Å². The molecule has 0 atom stereocenters. The fourth-order valence-corrected chi connectivity index (χ4v) is 2.81. The first-order valence-electron chi connectivity index (χ1n) is 8.73. The lowest BCUT2D eigenvalue weighted by Crippen LogP contribution is -2.32. The van der Waals surface area contributed by atoms with Crippen molar-refractivity contribution >= 4 is 11.9 Å². The number of carbonyl (C=O) groups excluding carboxylic acids is 2. The van der Waals surface area contributed by atoms with Crippen molar-refractivity contribution in [2.24, 2.45) is 0 Å². The van der Waals surface area contributed by atoms with Gasteiger partial charge < -0.3 is 19.5 Å². The van der Waals surface area contributed by atoms with Crippen LogP contribution in [0.4, 0.5) is 0 Å². The maximum Gasteiger partial charge on any atom is 0.336 e. The van der Waals surface area contributed by atoms with E-state index in [2.05, 4.69) is 0 Å². The first kappa shape index (κ1) is 19.6. The standard InChI is InChI=1S/C20H25NO5/c1-5-25-19(23)16-11-21(13(3)4)12-17(20(24)26-6-2)18(16)14-8-7-9-15(22)10-14/h7-13,18,22H,5-6H2,1-4H3. The Balaban J connectivity index is 2.60. The lowest BCUT2D eigenvalue weighted by Gasteiger charge is -2.32. The third-order valence-electron chi connectivity index (χ3n) is 4.02. The summed E-state index contributed by atoms with van der Waals surface area (Å²) in [6.45, 7) is 7.81. The molecule has 0 amide bonds. The van der Waals surface area contributed by atoms with E-state index in [9.17, 15) is 14.7 Å². The van der Waals surface area contributed by atoms with Gasteiger partial charge in [0, 0.05) is 18.4 Å². The number of rotatable bonds is 6. The zero-order chi connectivity index (χ0) is 19.3. The quantitative estimate of drug-likeness (QED) is 0.787. The van der Waals surface area contributed by atoms with E-state index in [1.54, 1.807) is 43.3 Å². The van der Waals surface area contributed by atoms with Crippen molar-refractivity contribution in [3.63, 3.8) is 0 Å². The number of hydrogen-bond acceptors (Lipinski definition) is 6. The number of phenolic OH excluding ortho intramolecular Hbond substituents is 1. The second-order valence-corrected chi connectivity index (χ2v) is 6.18. The molecule has 1 N–H and O–H groups in total. The van der Waals surface area contributed by atoms with Gasteiger partial charge in [-0.2, -0.15) is 0 Å². The van der Waals surface area contributed by atoms with Crippen LogP contribution in [0.3, 0.4) is 0 Å². The molecule has 1 aliphatic rings. The average molecular weight is 359 g/mol. The summed E-state index contributed by atoms with van der Waals surface area (Å²) in [5, 5.41) is 9.86. The SMILES string of the molecule is CCOC(=O)C1=CN(C(C)C)C=C(C(=O)OCC)C1c1cccc(O)c1. The molecule has 6 nitrogen and oxygen atoms in total. The van der Waals surface area contributed by atoms with E-state index in [4.69, 9.17) is 9.47 Å². The molecule has 0 radical (unpaired) electrons. The minimum atomic E-state index is -0.671. The largest absolute Gasteiger partial charge is 0.508 e. The number of carbonyl (C=O) groups is 2. The summed E-state index contributed by atoms with van der Waals surface area (Å²) in [6.07, 6.45) is 3.39. The Labute approximate surface area is 153 Å². The molecule has 1 aromatic rings. The Morgan fingerprint density at radius 3 is 2.04 bits per heavy atom. The molecule has 26 heavy (non-hydrogen) atoms. The summed E-state index contributed by atoms with van der Waals surface area (Å²) in [6, 6.07) is 6.54. The van der Waals surface area contributed by atoms with Crippen LogP contribution in [0, 0.1) is 0 Å². The monoisotopic (exact) mass is 359 g/mol. The van der Waals surface area contributed by atoms with Crippen LogP contribution >= 0.6 is 0 Å². The third-order valence-corrected chi connectivity index (χ3v) is 4.02. The molecule has 0 saturated carbocycles. The molecule has 0 unspecified atom stereocenters. The highest BCUT2D eigenvalue weighted by Crippen LogP contribution is 2.38. The lowest BCUT2D eigenvalue weighted by atomic mass is 9.83. The molecule has 0 bridgehead atoms. The van der Waals surface area contributed by atoms with Crippen LogP contribution in [-0.2, 0) is 19.1 Å². The Morgan fingerprint density at radius 2 is 1.62 bits per heavy atom. The van der Waals surface area contributed by atoms with Crippen molar-refractivity contribution in [1.29, 1.82) is 0 Å². The molecule has 0 aromatic heterocycles. The second-order valence-electron chi connectivity index (χ2n) is 6.18. The van der Waals surface area contributed by atoms with E-state index in [-0.39, 0.29) is 25.0 Å². The highest BCUT2D eigenvalue weighted by molar-refractivity contribution is 5.98. The Hall–Kier alpha value is -2.76. The zero-order valence-corrected chi connectivity index (χ0v) is 15.6. The first-order valence-corrected chi connectivity index (χ1v) is 8.73. The number of esters is 2. The predicted molar refractivity (Wildman–Crippen MR) is 97.3 cm³/mol. The van der Waals surface area contributed by atoms with Gasteiger partial charge in [0.2, 0.25) is 0 Å². The van der Waals surface area contributed by atoms with Crippen LogP contribution in [0.1, 0.15) is 39.2 Å². The average Bonchev–Trinajstić information content (AvgIpc) is 2.60. The van der Waals surface area contributed by atoms with Gasteiger partial charge in [0.1, 0.15) is 5.75 Å². The number of phenols is 1. The van der Waals surface area contributed by atoms with E-state index in [1.165, 1.54) is 12.1 Å². The van der Waals surface area contributed by atoms with Crippen molar-refractivity contribution < 1.29 is 24.2 Å². The maximum atomic E-state index is 12.6. The number of aromatic hydroxyl groups is 1. The molecule has 0 fully saturated rings. The van der Waals surface area contributed by atoms with Crippen molar-refractivity contribution in [3.05, 3.63) is 53.4 Å². The molecule has 1 aliphatic heterocycles. The predicted octanol–water partition coefficient (Wildman–Crippen LogP) is 3.09. The first-order chi connectivity index (χ1) is 12.4. The third kappa shape index (κ3) is 4.25. The van der Waals surface area contributed by atoms with E-state index in [1.807, 2.05) is 13.8 Å². The highest BCUT2D eigenvalue weighted by atomic mass is 16.5. The van der Waals surface area contributed by atoms with Gasteiger partial charge in [-0.15, -0.1) is 0 Å². The zero-order valence-electron chi connectivity index (χ0n) is 15.6. The smallest absolute Gasteiger partial charge is 0.336 e. The molecule has 0 saturated heterocycles. The van der Waals surface area contributed by atoms with E-state index in [0.717, 1.165) is 0 Å². The van der Waals surface area contributed by atoms with Gasteiger partial charge in [-0.05, 0) is 45.4 Å². The molecule has 1 heterocycles. The number of hydrogen-bond donors (Lipinski definition) is 1. The molecule has 0 spiro atoms. The highest BCUT2D eigenvalue weighted by Gasteiger charge is 2.36. The number of benzene rings is 1. The van der Waals surface area contributed by atoms with Crippen molar-refractivity contribution in [1.82, 2.24) is 4.90 Å². The Morgan fingerprint density at radius 1 is 1.08 bits per heavy atom. The van der Waals surface area contributed by atoms with Crippen molar-refractivity contribution in [2.45, 2.75) is 39.7 Å². The maximum absolute atomic E-state index is 12.6. The second kappa shape index (κ2) is 8.56. The number of nitrogens with zero attached hydrogens (tertiary/aromatic N) is 1. The Kier molecular flexibility index (Phi) is 6.44. The summed E-state index contributed by atoms with van der Waals surface area (Å²) < 4.78 is 10.4. The Bertz CT molecular complexity index is 699. The molecular weight excluding hydrogens is 334 g/mol. The van der Waals surface area contributed by atoms with Crippen LogP contribution in [0.5, 0.6) is 5.75 Å². The normalized spacial score (nSPS) is 14.7. The summed E-state index contributed by atoms with van der Waals surface area (Å²) in [7, 11) is 0. The molecule has 2 rings (SSSR count).